The maximum atomic E-state index is 12.2. The molecule has 8 heteroatoms. The van der Waals surface area contributed by atoms with Crippen LogP contribution < -0.4 is 5.32 Å². The minimum Gasteiger partial charge on any atom is -0.329 e. The Hall–Kier alpha value is -0.820. The molecule has 1 aliphatic heterocycles. The normalized spacial score (nSPS) is 21.6. The van der Waals surface area contributed by atoms with Gasteiger partial charge in [0.05, 0.1) is 6.04 Å². The van der Waals surface area contributed by atoms with Gasteiger partial charge in [-0.1, -0.05) is 11.6 Å². The van der Waals surface area contributed by atoms with Crippen LogP contribution in [0, 0.1) is 0 Å². The molecule has 1 aliphatic rings. The number of nitrogens with zero attached hydrogens (tertiary/aromatic N) is 2. The topological polar surface area (TPSA) is 51.0 Å². The Morgan fingerprint density at radius 2 is 2.06 bits per heavy atom. The van der Waals surface area contributed by atoms with Crippen LogP contribution in [0.4, 0.5) is 13.2 Å². The lowest BCUT2D eigenvalue weighted by molar-refractivity contribution is -0.159. The van der Waals surface area contributed by atoms with Gasteiger partial charge in [0.1, 0.15) is 0 Å². The van der Waals surface area contributed by atoms with Crippen molar-refractivity contribution in [2.45, 2.75) is 31.5 Å². The maximum absolute atomic E-state index is 12.2. The van der Waals surface area contributed by atoms with E-state index in [1.54, 1.807) is 0 Å². The minimum atomic E-state index is -4.56. The molecular formula is C8H11ClF3N3O. The van der Waals surface area contributed by atoms with Crippen LogP contribution in [-0.2, 0) is 6.18 Å². The van der Waals surface area contributed by atoms with Gasteiger partial charge in [-0.2, -0.15) is 18.2 Å². The lowest BCUT2D eigenvalue weighted by Gasteiger charge is -2.19. The molecule has 0 spiro atoms. The molecule has 1 saturated heterocycles. The van der Waals surface area contributed by atoms with Gasteiger partial charge < -0.3 is 9.84 Å². The van der Waals surface area contributed by atoms with Gasteiger partial charge in [-0.25, -0.2) is 0 Å². The zero-order valence-corrected chi connectivity index (χ0v) is 9.07. The summed E-state index contributed by atoms with van der Waals surface area (Å²) in [5.74, 6) is -1.17. The molecule has 0 aliphatic carbocycles. The second-order valence-corrected chi connectivity index (χ2v) is 3.46. The third kappa shape index (κ3) is 2.85. The molecule has 1 N–H and O–H groups in total. The summed E-state index contributed by atoms with van der Waals surface area (Å²) in [4.78, 5) is 3.34. The number of nitrogens with one attached hydrogen (secondary N) is 1. The van der Waals surface area contributed by atoms with Gasteiger partial charge in [0.2, 0.25) is 0 Å². The average Bonchev–Trinajstić information content (AvgIpc) is 2.67. The third-order valence-electron chi connectivity index (χ3n) is 2.31. The first-order chi connectivity index (χ1) is 7.07. The zero-order valence-electron chi connectivity index (χ0n) is 8.25. The Kier molecular flexibility index (Phi) is 4.15. The van der Waals surface area contributed by atoms with E-state index in [1.165, 1.54) is 0 Å². The number of hydrogen-bond acceptors (Lipinski definition) is 4. The first-order valence-corrected chi connectivity index (χ1v) is 4.71. The van der Waals surface area contributed by atoms with Crippen LogP contribution in [0.2, 0.25) is 0 Å². The first-order valence-electron chi connectivity index (χ1n) is 4.71. The SMILES string of the molecule is Cl.FC(F)(F)c1nc(C2CCCCN2)no1. The lowest BCUT2D eigenvalue weighted by Crippen LogP contribution is -2.27. The fourth-order valence-corrected chi connectivity index (χ4v) is 1.56. The first kappa shape index (κ1) is 13.2. The molecule has 0 bridgehead atoms. The van der Waals surface area contributed by atoms with Crippen molar-refractivity contribution >= 4 is 12.4 Å². The van der Waals surface area contributed by atoms with Crippen LogP contribution in [-0.4, -0.2) is 16.7 Å². The number of alkyl halides is 3. The van der Waals surface area contributed by atoms with E-state index in [2.05, 4.69) is 20.0 Å². The van der Waals surface area contributed by atoms with E-state index in [-0.39, 0.29) is 24.3 Å². The van der Waals surface area contributed by atoms with E-state index in [9.17, 15) is 13.2 Å². The smallest absolute Gasteiger partial charge is 0.329 e. The fourth-order valence-electron chi connectivity index (χ4n) is 1.56. The summed E-state index contributed by atoms with van der Waals surface area (Å²) in [6.45, 7) is 0.778. The zero-order chi connectivity index (χ0) is 10.9. The van der Waals surface area contributed by atoms with Crippen LogP contribution in [0.25, 0.3) is 0 Å². The summed E-state index contributed by atoms with van der Waals surface area (Å²) in [6.07, 6.45) is -1.81. The molecule has 0 aromatic carbocycles. The highest BCUT2D eigenvalue weighted by atomic mass is 35.5. The Labute approximate surface area is 96.0 Å². The molecule has 16 heavy (non-hydrogen) atoms. The van der Waals surface area contributed by atoms with Crippen molar-refractivity contribution in [3.05, 3.63) is 11.7 Å². The standard InChI is InChI=1S/C8H10F3N3O.ClH/c9-8(10,11)7-13-6(14-15-7)5-3-1-2-4-12-5;/h5,12H,1-4H2;1H. The Bertz CT molecular complexity index is 336. The van der Waals surface area contributed by atoms with E-state index in [4.69, 9.17) is 0 Å². The summed E-state index contributed by atoms with van der Waals surface area (Å²) in [6, 6.07) is -0.210. The highest BCUT2D eigenvalue weighted by molar-refractivity contribution is 5.85. The van der Waals surface area contributed by atoms with Gasteiger partial charge in [-0.3, -0.25) is 0 Å². The van der Waals surface area contributed by atoms with E-state index in [0.717, 1.165) is 25.8 Å². The maximum Gasteiger partial charge on any atom is 0.471 e. The summed E-state index contributed by atoms with van der Waals surface area (Å²) in [5.41, 5.74) is 0. The van der Waals surface area contributed by atoms with E-state index in [0.29, 0.717) is 0 Å². The van der Waals surface area contributed by atoms with Crippen molar-refractivity contribution < 1.29 is 17.7 Å². The van der Waals surface area contributed by atoms with Crippen molar-refractivity contribution in [3.8, 4) is 0 Å². The van der Waals surface area contributed by atoms with Gasteiger partial charge in [0.15, 0.2) is 5.82 Å². The van der Waals surface area contributed by atoms with E-state index < -0.39 is 12.1 Å². The van der Waals surface area contributed by atoms with Crippen molar-refractivity contribution in [3.63, 3.8) is 0 Å². The van der Waals surface area contributed by atoms with Crippen molar-refractivity contribution in [2.24, 2.45) is 0 Å². The predicted molar refractivity (Wildman–Crippen MR) is 51.1 cm³/mol. The average molecular weight is 258 g/mol. The molecule has 1 aromatic rings. The van der Waals surface area contributed by atoms with Crippen molar-refractivity contribution in [1.29, 1.82) is 0 Å². The number of aromatic nitrogens is 2. The van der Waals surface area contributed by atoms with E-state index in [1.807, 2.05) is 0 Å². The second kappa shape index (κ2) is 5.01. The molecule has 4 nitrogen and oxygen atoms in total. The van der Waals surface area contributed by atoms with Crippen LogP contribution in [0.1, 0.15) is 37.0 Å². The molecule has 0 amide bonds. The molecule has 2 rings (SSSR count). The van der Waals surface area contributed by atoms with Crippen LogP contribution >= 0.6 is 12.4 Å². The monoisotopic (exact) mass is 257 g/mol. The molecule has 1 aromatic heterocycles. The van der Waals surface area contributed by atoms with E-state index >= 15 is 0 Å². The summed E-state index contributed by atoms with van der Waals surface area (Å²) in [7, 11) is 0. The molecule has 0 radical (unpaired) electrons. The Balaban J connectivity index is 0.00000128. The molecule has 1 atom stereocenters. The molecule has 92 valence electrons. The molecule has 1 fully saturated rings. The van der Waals surface area contributed by atoms with Crippen LogP contribution in [0.3, 0.4) is 0 Å². The van der Waals surface area contributed by atoms with Gasteiger partial charge >= 0.3 is 12.1 Å². The lowest BCUT2D eigenvalue weighted by atomic mass is 10.0. The summed E-state index contributed by atoms with van der Waals surface area (Å²) in [5, 5.41) is 6.39. The minimum absolute atomic E-state index is 0. The highest BCUT2D eigenvalue weighted by Gasteiger charge is 2.39. The van der Waals surface area contributed by atoms with Crippen molar-refractivity contribution in [2.75, 3.05) is 6.54 Å². The summed E-state index contributed by atoms with van der Waals surface area (Å²) >= 11 is 0. The Morgan fingerprint density at radius 1 is 1.31 bits per heavy atom. The molecular weight excluding hydrogens is 247 g/mol. The molecule has 1 unspecified atom stereocenters. The van der Waals surface area contributed by atoms with Gasteiger partial charge in [0.25, 0.3) is 0 Å². The molecule has 2 heterocycles. The number of rotatable bonds is 1. The van der Waals surface area contributed by atoms with Gasteiger partial charge in [-0.05, 0) is 19.4 Å². The Morgan fingerprint density at radius 3 is 2.56 bits per heavy atom. The quantitative estimate of drug-likeness (QED) is 0.839. The fraction of sp³-hybridized carbons (Fsp3) is 0.750. The van der Waals surface area contributed by atoms with Crippen LogP contribution in [0.5, 0.6) is 0 Å². The number of piperidine rings is 1. The summed E-state index contributed by atoms with van der Waals surface area (Å²) < 4.78 is 40.6. The largest absolute Gasteiger partial charge is 0.471 e. The highest BCUT2D eigenvalue weighted by Crippen LogP contribution is 2.29. The van der Waals surface area contributed by atoms with Crippen LogP contribution in [0.15, 0.2) is 4.52 Å². The third-order valence-corrected chi connectivity index (χ3v) is 2.31. The van der Waals surface area contributed by atoms with Gasteiger partial charge in [-0.15, -0.1) is 12.4 Å². The van der Waals surface area contributed by atoms with Crippen molar-refractivity contribution in [1.82, 2.24) is 15.5 Å². The number of hydrogen-bond donors (Lipinski definition) is 1. The molecule has 0 saturated carbocycles. The number of halogens is 4. The predicted octanol–water partition coefficient (Wildman–Crippen LogP) is 2.32. The second-order valence-electron chi connectivity index (χ2n) is 3.46. The van der Waals surface area contributed by atoms with Gasteiger partial charge in [0, 0.05) is 0 Å².